The van der Waals surface area contributed by atoms with Gasteiger partial charge in [0.15, 0.2) is 0 Å². The zero-order valence-corrected chi connectivity index (χ0v) is 19.2. The van der Waals surface area contributed by atoms with Crippen molar-refractivity contribution in [2.24, 2.45) is 0 Å². The first-order valence-corrected chi connectivity index (χ1v) is 13.6. The van der Waals surface area contributed by atoms with Crippen molar-refractivity contribution in [3.05, 3.63) is 12.7 Å². The molecule has 0 aliphatic rings. The minimum Gasteiger partial charge on any atom is -0.463 e. The lowest BCUT2D eigenvalue weighted by Gasteiger charge is -2.07. The van der Waals surface area contributed by atoms with Crippen LogP contribution in [0.3, 0.4) is 0 Å². The molecule has 0 aliphatic carbocycles. The van der Waals surface area contributed by atoms with Crippen molar-refractivity contribution < 1.29 is 23.8 Å². The van der Waals surface area contributed by atoms with Crippen molar-refractivity contribution in [2.45, 2.75) is 103 Å². The molecule has 0 fully saturated rings. The Morgan fingerprint density at radius 2 is 1.04 bits per heavy atom. The second-order valence-corrected chi connectivity index (χ2v) is 10.0. The Balaban J connectivity index is 3.08. The summed E-state index contributed by atoms with van der Waals surface area (Å²) in [5, 5.41) is 0. The lowest BCUT2D eigenvalue weighted by Crippen LogP contribution is -2.01. The van der Waals surface area contributed by atoms with Gasteiger partial charge in [-0.1, -0.05) is 96.5 Å². The van der Waals surface area contributed by atoms with Crippen LogP contribution in [0.5, 0.6) is 0 Å². The normalized spacial score (nSPS) is 11.5. The molecular formula is C21H41O5PS. The monoisotopic (exact) mass is 436 g/mol. The third kappa shape index (κ3) is 23.8. The first-order valence-electron chi connectivity index (χ1n) is 10.9. The Hall–Kier alpha value is -0.260. The molecule has 0 unspecified atom stereocenters. The SMILES string of the molecule is C=CC(=O)OCCCCCCCCCCCCCCCCCCOP(O)(O)=S. The van der Waals surface area contributed by atoms with Gasteiger partial charge in [-0.15, -0.1) is 0 Å². The van der Waals surface area contributed by atoms with Gasteiger partial charge in [-0.2, -0.15) is 0 Å². The highest BCUT2D eigenvalue weighted by atomic mass is 32.5. The highest BCUT2D eigenvalue weighted by Crippen LogP contribution is 2.36. The van der Waals surface area contributed by atoms with E-state index in [0.717, 1.165) is 25.7 Å². The van der Waals surface area contributed by atoms with E-state index in [1.165, 1.54) is 83.1 Å². The summed E-state index contributed by atoms with van der Waals surface area (Å²) in [5.74, 6) is -0.321. The summed E-state index contributed by atoms with van der Waals surface area (Å²) < 4.78 is 9.74. The van der Waals surface area contributed by atoms with Gasteiger partial charge in [-0.25, -0.2) is 4.79 Å². The molecule has 0 atom stereocenters. The average Bonchev–Trinajstić information content (AvgIpc) is 2.65. The number of hydrogen-bond acceptors (Lipinski definition) is 4. The fourth-order valence-corrected chi connectivity index (χ4v) is 3.68. The second-order valence-electron chi connectivity index (χ2n) is 7.35. The topological polar surface area (TPSA) is 76.0 Å². The van der Waals surface area contributed by atoms with Crippen LogP contribution in [0, 0.1) is 0 Å². The van der Waals surface area contributed by atoms with Crippen molar-refractivity contribution in [1.29, 1.82) is 0 Å². The third-order valence-corrected chi connectivity index (χ3v) is 5.54. The molecule has 0 radical (unpaired) electrons. The Kier molecular flexibility index (Phi) is 19.8. The summed E-state index contributed by atoms with van der Waals surface area (Å²) in [6, 6.07) is 0. The highest BCUT2D eigenvalue weighted by Gasteiger charge is 2.06. The minimum atomic E-state index is -3.45. The summed E-state index contributed by atoms with van der Waals surface area (Å²) >= 11 is 4.40. The lowest BCUT2D eigenvalue weighted by atomic mass is 10.0. The van der Waals surface area contributed by atoms with Crippen molar-refractivity contribution in [3.8, 4) is 0 Å². The quantitative estimate of drug-likeness (QED) is 0.0968. The smallest absolute Gasteiger partial charge is 0.330 e. The highest BCUT2D eigenvalue weighted by molar-refractivity contribution is 8.06. The van der Waals surface area contributed by atoms with E-state index in [0.29, 0.717) is 13.2 Å². The van der Waals surface area contributed by atoms with Gasteiger partial charge in [0, 0.05) is 6.08 Å². The molecule has 0 spiro atoms. The molecule has 0 aromatic heterocycles. The van der Waals surface area contributed by atoms with Crippen LogP contribution in [0.25, 0.3) is 0 Å². The van der Waals surface area contributed by atoms with E-state index in [4.69, 9.17) is 19.0 Å². The molecule has 0 amide bonds. The fraction of sp³-hybridized carbons (Fsp3) is 0.857. The summed E-state index contributed by atoms with van der Waals surface area (Å²) in [6.07, 6.45) is 20.8. The maximum atomic E-state index is 10.9. The van der Waals surface area contributed by atoms with Crippen LogP contribution in [0.4, 0.5) is 0 Å². The van der Waals surface area contributed by atoms with Gasteiger partial charge >= 0.3 is 12.7 Å². The van der Waals surface area contributed by atoms with Crippen LogP contribution in [0.2, 0.25) is 0 Å². The van der Waals surface area contributed by atoms with E-state index in [9.17, 15) is 4.79 Å². The summed E-state index contributed by atoms with van der Waals surface area (Å²) in [4.78, 5) is 28.7. The van der Waals surface area contributed by atoms with E-state index >= 15 is 0 Å². The second kappa shape index (κ2) is 20.0. The zero-order valence-electron chi connectivity index (χ0n) is 17.5. The zero-order chi connectivity index (χ0) is 20.9. The van der Waals surface area contributed by atoms with Gasteiger partial charge < -0.3 is 19.0 Å². The van der Waals surface area contributed by atoms with Crippen LogP contribution in [-0.2, 0) is 25.9 Å². The molecule has 5 nitrogen and oxygen atoms in total. The Labute approximate surface area is 177 Å². The van der Waals surface area contributed by atoms with Crippen LogP contribution in [0.1, 0.15) is 103 Å². The number of unbranched alkanes of at least 4 members (excludes halogenated alkanes) is 15. The summed E-state index contributed by atoms with van der Waals surface area (Å²) in [7, 11) is 0. The molecule has 0 rings (SSSR count). The standard InChI is InChI=1S/C21H41O5PS/c1-2-21(22)25-19-17-15-13-11-9-7-5-3-4-6-8-10-12-14-16-18-20-26-27(23,24)28/h2H,1,3-20H2,(H2,23,24,28). The Morgan fingerprint density at radius 1 is 0.714 bits per heavy atom. The molecule has 0 saturated carbocycles. The number of carbonyl (C=O) groups is 1. The molecule has 28 heavy (non-hydrogen) atoms. The van der Waals surface area contributed by atoms with Crippen LogP contribution >= 0.6 is 6.72 Å². The predicted octanol–water partition coefficient (Wildman–Crippen LogP) is 6.18. The molecule has 0 aromatic carbocycles. The van der Waals surface area contributed by atoms with E-state index in [1.807, 2.05) is 0 Å². The van der Waals surface area contributed by atoms with Gasteiger partial charge in [-0.05, 0) is 24.6 Å². The molecule has 0 aromatic rings. The van der Waals surface area contributed by atoms with Crippen LogP contribution < -0.4 is 0 Å². The molecule has 2 N–H and O–H groups in total. The van der Waals surface area contributed by atoms with Crippen molar-refractivity contribution in [1.82, 2.24) is 0 Å². The number of esters is 1. The third-order valence-electron chi connectivity index (χ3n) is 4.71. The molecule has 166 valence electrons. The van der Waals surface area contributed by atoms with Gasteiger partial charge in [-0.3, -0.25) is 0 Å². The molecule has 0 aliphatic heterocycles. The number of ether oxygens (including phenoxy) is 1. The summed E-state index contributed by atoms with van der Waals surface area (Å²) in [5.41, 5.74) is 0. The molecule has 0 bridgehead atoms. The van der Waals surface area contributed by atoms with E-state index in [1.54, 1.807) is 0 Å². The number of carbonyl (C=O) groups excluding carboxylic acids is 1. The van der Waals surface area contributed by atoms with Gasteiger partial charge in [0.1, 0.15) is 0 Å². The maximum Gasteiger partial charge on any atom is 0.330 e. The van der Waals surface area contributed by atoms with Crippen LogP contribution in [0.15, 0.2) is 12.7 Å². The molecule has 0 heterocycles. The predicted molar refractivity (Wildman–Crippen MR) is 120 cm³/mol. The van der Waals surface area contributed by atoms with Gasteiger partial charge in [0.25, 0.3) is 0 Å². The van der Waals surface area contributed by atoms with Crippen molar-refractivity contribution >= 4 is 24.5 Å². The Bertz CT molecular complexity index is 425. The minimum absolute atomic E-state index is 0.321. The average molecular weight is 437 g/mol. The Morgan fingerprint density at radius 3 is 1.36 bits per heavy atom. The van der Waals surface area contributed by atoms with Gasteiger partial charge in [0.05, 0.1) is 13.2 Å². The largest absolute Gasteiger partial charge is 0.463 e. The van der Waals surface area contributed by atoms with Crippen molar-refractivity contribution in [2.75, 3.05) is 13.2 Å². The van der Waals surface area contributed by atoms with Crippen LogP contribution in [-0.4, -0.2) is 29.0 Å². The van der Waals surface area contributed by atoms with E-state index in [-0.39, 0.29) is 5.97 Å². The van der Waals surface area contributed by atoms with Gasteiger partial charge in [0.2, 0.25) is 0 Å². The fourth-order valence-electron chi connectivity index (χ4n) is 3.09. The first-order chi connectivity index (χ1) is 13.5. The molecule has 7 heteroatoms. The first kappa shape index (κ1) is 27.7. The van der Waals surface area contributed by atoms with E-state index < -0.39 is 6.72 Å². The number of rotatable bonds is 21. The number of hydrogen-bond donors (Lipinski definition) is 2. The molecule has 0 saturated heterocycles. The van der Waals surface area contributed by atoms with Crippen molar-refractivity contribution in [3.63, 3.8) is 0 Å². The lowest BCUT2D eigenvalue weighted by molar-refractivity contribution is -0.137. The maximum absolute atomic E-state index is 10.9. The van der Waals surface area contributed by atoms with E-state index in [2.05, 4.69) is 18.4 Å². The summed E-state index contributed by atoms with van der Waals surface area (Å²) in [6.45, 7) is 0.802. The molecular weight excluding hydrogens is 395 g/mol.